The number of carbonyl (C=O) groups is 1. The smallest absolute Gasteiger partial charge is 0.339 e. The van der Waals surface area contributed by atoms with Gasteiger partial charge in [0.2, 0.25) is 0 Å². The zero-order valence-corrected chi connectivity index (χ0v) is 12.6. The van der Waals surface area contributed by atoms with Crippen molar-refractivity contribution < 1.29 is 9.90 Å². The molecule has 21 heavy (non-hydrogen) atoms. The van der Waals surface area contributed by atoms with Gasteiger partial charge in [-0.1, -0.05) is 17.7 Å². The van der Waals surface area contributed by atoms with Crippen LogP contribution in [0.1, 0.15) is 16.1 Å². The Balaban J connectivity index is 2.50. The molecule has 2 aromatic heterocycles. The number of hydrogen-bond donors (Lipinski definition) is 1. The van der Waals surface area contributed by atoms with Gasteiger partial charge in [0.15, 0.2) is 0 Å². The van der Waals surface area contributed by atoms with Crippen LogP contribution in [0.2, 0.25) is 5.02 Å². The SMILES string of the molecule is Cc1c(-c2c(C(=O)O)cnn2C)c2c(Cl)cccc2n1C. The summed E-state index contributed by atoms with van der Waals surface area (Å²) in [6, 6.07) is 5.66. The summed E-state index contributed by atoms with van der Waals surface area (Å²) in [5, 5.41) is 14.9. The number of aromatic nitrogens is 3. The molecule has 3 aromatic rings. The van der Waals surface area contributed by atoms with Crippen LogP contribution < -0.4 is 0 Å². The zero-order valence-electron chi connectivity index (χ0n) is 11.9. The van der Waals surface area contributed by atoms with Crippen LogP contribution in [0.4, 0.5) is 0 Å². The van der Waals surface area contributed by atoms with Crippen LogP contribution in [-0.4, -0.2) is 25.4 Å². The molecule has 0 saturated carbocycles. The maximum atomic E-state index is 11.5. The van der Waals surface area contributed by atoms with E-state index in [-0.39, 0.29) is 5.56 Å². The third kappa shape index (κ3) is 1.85. The van der Waals surface area contributed by atoms with E-state index in [9.17, 15) is 9.90 Å². The van der Waals surface area contributed by atoms with E-state index in [1.54, 1.807) is 11.7 Å². The molecule has 0 bridgehead atoms. The van der Waals surface area contributed by atoms with Crippen LogP contribution in [0.25, 0.3) is 22.2 Å². The number of nitrogens with zero attached hydrogens (tertiary/aromatic N) is 3. The molecular formula is C15H14ClN3O2. The Morgan fingerprint density at radius 3 is 2.71 bits per heavy atom. The quantitative estimate of drug-likeness (QED) is 0.790. The first-order valence-electron chi connectivity index (χ1n) is 6.42. The Bertz CT molecular complexity index is 877. The first-order valence-corrected chi connectivity index (χ1v) is 6.80. The molecule has 0 amide bonds. The highest BCUT2D eigenvalue weighted by molar-refractivity contribution is 6.36. The molecule has 0 spiro atoms. The summed E-state index contributed by atoms with van der Waals surface area (Å²) in [4.78, 5) is 11.5. The minimum absolute atomic E-state index is 0.174. The fraction of sp³-hybridized carbons (Fsp3) is 0.200. The van der Waals surface area contributed by atoms with Gasteiger partial charge < -0.3 is 9.67 Å². The lowest BCUT2D eigenvalue weighted by Gasteiger charge is -2.06. The van der Waals surface area contributed by atoms with Crippen molar-refractivity contribution >= 4 is 28.5 Å². The molecule has 2 heterocycles. The fourth-order valence-electron chi connectivity index (χ4n) is 2.75. The van der Waals surface area contributed by atoms with Crippen molar-refractivity contribution in [1.82, 2.24) is 14.3 Å². The van der Waals surface area contributed by atoms with Crippen molar-refractivity contribution in [1.29, 1.82) is 0 Å². The van der Waals surface area contributed by atoms with E-state index in [0.717, 1.165) is 22.2 Å². The van der Waals surface area contributed by atoms with Crippen LogP contribution in [0.15, 0.2) is 24.4 Å². The van der Waals surface area contributed by atoms with Gasteiger partial charge in [-0.05, 0) is 19.1 Å². The van der Waals surface area contributed by atoms with Crippen LogP contribution in [0.3, 0.4) is 0 Å². The highest BCUT2D eigenvalue weighted by Crippen LogP contribution is 2.39. The van der Waals surface area contributed by atoms with Crippen molar-refractivity contribution in [2.75, 3.05) is 0 Å². The van der Waals surface area contributed by atoms with E-state index < -0.39 is 5.97 Å². The summed E-state index contributed by atoms with van der Waals surface area (Å²) < 4.78 is 3.59. The molecule has 0 atom stereocenters. The van der Waals surface area contributed by atoms with Gasteiger partial charge in [-0.15, -0.1) is 0 Å². The number of rotatable bonds is 2. The van der Waals surface area contributed by atoms with Crippen LogP contribution in [0, 0.1) is 6.92 Å². The standard InChI is InChI=1S/C15H14ClN3O2/c1-8-12(14-9(15(20)21)7-17-19(14)3)13-10(16)5-4-6-11(13)18(8)2/h4-7H,1-3H3,(H,20,21). The van der Waals surface area contributed by atoms with Gasteiger partial charge in [-0.25, -0.2) is 4.79 Å². The monoisotopic (exact) mass is 303 g/mol. The second-order valence-corrected chi connectivity index (χ2v) is 5.40. The van der Waals surface area contributed by atoms with Gasteiger partial charge in [0.05, 0.1) is 22.4 Å². The average Bonchev–Trinajstić information content (AvgIpc) is 2.92. The van der Waals surface area contributed by atoms with Gasteiger partial charge in [0.25, 0.3) is 0 Å². The molecule has 1 aromatic carbocycles. The van der Waals surface area contributed by atoms with Crippen molar-refractivity contribution in [3.8, 4) is 11.3 Å². The molecule has 0 aliphatic carbocycles. The third-order valence-electron chi connectivity index (χ3n) is 3.87. The average molecular weight is 304 g/mol. The van der Waals surface area contributed by atoms with Crippen molar-refractivity contribution in [2.24, 2.45) is 14.1 Å². The summed E-state index contributed by atoms with van der Waals surface area (Å²) in [5.41, 5.74) is 3.47. The molecule has 6 heteroatoms. The Hall–Kier alpha value is -2.27. The molecule has 5 nitrogen and oxygen atoms in total. The number of halogens is 1. The maximum absolute atomic E-state index is 11.5. The van der Waals surface area contributed by atoms with Gasteiger partial charge in [0.1, 0.15) is 5.56 Å². The lowest BCUT2D eigenvalue weighted by molar-refractivity contribution is 0.0697. The number of carboxylic acid groups (broad SMARTS) is 1. The van der Waals surface area contributed by atoms with Gasteiger partial charge in [0, 0.05) is 30.7 Å². The lowest BCUT2D eigenvalue weighted by atomic mass is 10.0. The molecule has 1 N–H and O–H groups in total. The number of carboxylic acids is 1. The van der Waals surface area contributed by atoms with E-state index in [1.807, 2.05) is 36.7 Å². The largest absolute Gasteiger partial charge is 0.478 e. The predicted octanol–water partition coefficient (Wildman–Crippen LogP) is 3.24. The maximum Gasteiger partial charge on any atom is 0.339 e. The fourth-order valence-corrected chi connectivity index (χ4v) is 3.01. The van der Waals surface area contributed by atoms with E-state index in [0.29, 0.717) is 10.7 Å². The van der Waals surface area contributed by atoms with Gasteiger partial charge in [-0.2, -0.15) is 5.10 Å². The lowest BCUT2D eigenvalue weighted by Crippen LogP contribution is -2.02. The van der Waals surface area contributed by atoms with Crippen LogP contribution in [-0.2, 0) is 14.1 Å². The number of fused-ring (bicyclic) bond motifs is 1. The Morgan fingerprint density at radius 2 is 2.05 bits per heavy atom. The number of aryl methyl sites for hydroxylation is 2. The molecule has 0 aliphatic rings. The molecule has 0 unspecified atom stereocenters. The van der Waals surface area contributed by atoms with Crippen LogP contribution >= 0.6 is 11.6 Å². The second kappa shape index (κ2) is 4.63. The topological polar surface area (TPSA) is 60.0 Å². The number of benzene rings is 1. The van der Waals surface area contributed by atoms with Gasteiger partial charge in [-0.3, -0.25) is 4.68 Å². The minimum Gasteiger partial charge on any atom is -0.478 e. The van der Waals surface area contributed by atoms with Crippen molar-refractivity contribution in [3.05, 3.63) is 40.7 Å². The Labute approximate surface area is 126 Å². The molecule has 0 radical (unpaired) electrons. The molecule has 3 rings (SSSR count). The normalized spacial score (nSPS) is 11.2. The summed E-state index contributed by atoms with van der Waals surface area (Å²) in [5.74, 6) is -0.999. The zero-order chi connectivity index (χ0) is 15.3. The summed E-state index contributed by atoms with van der Waals surface area (Å²) in [7, 11) is 3.67. The van der Waals surface area contributed by atoms with E-state index in [1.165, 1.54) is 6.20 Å². The second-order valence-electron chi connectivity index (χ2n) is 4.99. The Morgan fingerprint density at radius 1 is 1.33 bits per heavy atom. The molecule has 0 aliphatic heterocycles. The molecule has 0 saturated heterocycles. The van der Waals surface area contributed by atoms with Crippen molar-refractivity contribution in [2.45, 2.75) is 6.92 Å². The van der Waals surface area contributed by atoms with Gasteiger partial charge >= 0.3 is 5.97 Å². The summed E-state index contributed by atoms with van der Waals surface area (Å²) in [6.45, 7) is 1.95. The summed E-state index contributed by atoms with van der Waals surface area (Å²) in [6.07, 6.45) is 1.37. The molecule has 0 fully saturated rings. The Kier molecular flexibility index (Phi) is 3.02. The minimum atomic E-state index is -0.999. The van der Waals surface area contributed by atoms with Crippen LogP contribution in [0.5, 0.6) is 0 Å². The highest BCUT2D eigenvalue weighted by Gasteiger charge is 2.24. The first kappa shape index (κ1) is 13.7. The van der Waals surface area contributed by atoms with E-state index in [4.69, 9.17) is 11.6 Å². The highest BCUT2D eigenvalue weighted by atomic mass is 35.5. The molecular weight excluding hydrogens is 290 g/mol. The summed E-state index contributed by atoms with van der Waals surface area (Å²) >= 11 is 6.36. The number of hydrogen-bond acceptors (Lipinski definition) is 2. The predicted molar refractivity (Wildman–Crippen MR) is 81.8 cm³/mol. The first-order chi connectivity index (χ1) is 9.93. The number of aromatic carboxylic acids is 1. The molecule has 108 valence electrons. The van der Waals surface area contributed by atoms with Crippen molar-refractivity contribution in [3.63, 3.8) is 0 Å². The third-order valence-corrected chi connectivity index (χ3v) is 4.19. The van der Waals surface area contributed by atoms with E-state index >= 15 is 0 Å². The van der Waals surface area contributed by atoms with E-state index in [2.05, 4.69) is 5.10 Å².